The summed E-state index contributed by atoms with van der Waals surface area (Å²) in [5, 5.41) is 8.77. The molecule has 2 amide bonds. The van der Waals surface area contributed by atoms with E-state index in [9.17, 15) is 9.59 Å². The fourth-order valence-corrected chi connectivity index (χ4v) is 3.18. The van der Waals surface area contributed by atoms with Gasteiger partial charge in [-0.25, -0.2) is 0 Å². The van der Waals surface area contributed by atoms with Crippen LogP contribution in [0.5, 0.6) is 5.75 Å². The van der Waals surface area contributed by atoms with Crippen LogP contribution in [-0.4, -0.2) is 45.2 Å². The first-order chi connectivity index (χ1) is 16.1. The van der Waals surface area contributed by atoms with Crippen molar-refractivity contribution in [3.05, 3.63) is 54.1 Å². The first kappa shape index (κ1) is 26.2. The lowest BCUT2D eigenvalue weighted by Crippen LogP contribution is -2.25. The first-order valence-corrected chi connectivity index (χ1v) is 11.8. The standard InChI is InChI=1S/C26H37N3O4/c1-3-4-5-6-7-19-33-24-15-13-23(14-16-24)29-25(30)20-28-22-11-9-21(10-12-22)26(31)27-17-8-18-32-2/h9-16,28H,3-8,17-20H2,1-2H3,(H,27,31)(H,29,30). The molecule has 2 aromatic carbocycles. The molecule has 2 rings (SSSR count). The molecule has 0 spiro atoms. The molecule has 0 fully saturated rings. The van der Waals surface area contributed by atoms with Gasteiger partial charge in [-0.1, -0.05) is 32.6 Å². The number of amides is 2. The second-order valence-electron chi connectivity index (χ2n) is 7.87. The van der Waals surface area contributed by atoms with Gasteiger partial charge in [-0.15, -0.1) is 0 Å². The zero-order valence-corrected chi connectivity index (χ0v) is 19.8. The third-order valence-corrected chi connectivity index (χ3v) is 5.07. The summed E-state index contributed by atoms with van der Waals surface area (Å²) in [4.78, 5) is 24.3. The van der Waals surface area contributed by atoms with Gasteiger partial charge in [-0.2, -0.15) is 0 Å². The molecule has 180 valence electrons. The zero-order chi connectivity index (χ0) is 23.7. The Hall–Kier alpha value is -3.06. The zero-order valence-electron chi connectivity index (χ0n) is 19.8. The normalized spacial score (nSPS) is 10.5. The second kappa shape index (κ2) is 15.7. The maximum absolute atomic E-state index is 12.2. The number of methoxy groups -OCH3 is 1. The van der Waals surface area contributed by atoms with E-state index >= 15 is 0 Å². The molecule has 3 N–H and O–H groups in total. The van der Waals surface area contributed by atoms with Gasteiger partial charge in [0, 0.05) is 37.2 Å². The van der Waals surface area contributed by atoms with Crippen molar-refractivity contribution >= 4 is 23.2 Å². The third-order valence-electron chi connectivity index (χ3n) is 5.07. The van der Waals surface area contributed by atoms with Crippen LogP contribution in [0.25, 0.3) is 0 Å². The molecular weight excluding hydrogens is 418 g/mol. The number of hydrogen-bond acceptors (Lipinski definition) is 5. The number of anilines is 2. The minimum atomic E-state index is -0.153. The number of unbranched alkanes of at least 4 members (excludes halogenated alkanes) is 4. The summed E-state index contributed by atoms with van der Waals surface area (Å²) in [5.41, 5.74) is 2.06. The predicted molar refractivity (Wildman–Crippen MR) is 133 cm³/mol. The van der Waals surface area contributed by atoms with E-state index in [1.54, 1.807) is 31.4 Å². The molecule has 2 aromatic rings. The van der Waals surface area contributed by atoms with Crippen LogP contribution in [0.3, 0.4) is 0 Å². The van der Waals surface area contributed by atoms with Crippen LogP contribution in [0.15, 0.2) is 48.5 Å². The van der Waals surface area contributed by atoms with Gasteiger partial charge >= 0.3 is 0 Å². The number of nitrogens with one attached hydrogen (secondary N) is 3. The molecule has 7 heteroatoms. The predicted octanol–water partition coefficient (Wildman–Crippen LogP) is 4.85. The lowest BCUT2D eigenvalue weighted by molar-refractivity contribution is -0.114. The van der Waals surface area contributed by atoms with Crippen molar-refractivity contribution in [3.8, 4) is 5.75 Å². The minimum Gasteiger partial charge on any atom is -0.494 e. The Morgan fingerprint density at radius 2 is 1.52 bits per heavy atom. The molecule has 0 saturated heterocycles. The summed E-state index contributed by atoms with van der Waals surface area (Å²) in [7, 11) is 1.64. The number of ether oxygens (including phenoxy) is 2. The van der Waals surface area contributed by atoms with Crippen molar-refractivity contribution in [2.75, 3.05) is 44.0 Å². The highest BCUT2D eigenvalue weighted by molar-refractivity contribution is 5.95. The third kappa shape index (κ3) is 10.9. The van der Waals surface area contributed by atoms with Crippen molar-refractivity contribution in [1.29, 1.82) is 0 Å². The fourth-order valence-electron chi connectivity index (χ4n) is 3.18. The lowest BCUT2D eigenvalue weighted by atomic mass is 10.2. The maximum atomic E-state index is 12.2. The molecule has 0 aliphatic heterocycles. The van der Waals surface area contributed by atoms with Gasteiger partial charge in [-0.05, 0) is 61.4 Å². The van der Waals surface area contributed by atoms with E-state index < -0.39 is 0 Å². The van der Waals surface area contributed by atoms with Gasteiger partial charge in [0.15, 0.2) is 0 Å². The largest absolute Gasteiger partial charge is 0.494 e. The van der Waals surface area contributed by atoms with Gasteiger partial charge in [0.2, 0.25) is 5.91 Å². The van der Waals surface area contributed by atoms with Crippen LogP contribution in [0.4, 0.5) is 11.4 Å². The van der Waals surface area contributed by atoms with Crippen LogP contribution in [0, 0.1) is 0 Å². The summed E-state index contributed by atoms with van der Waals surface area (Å²) < 4.78 is 10.7. The molecule has 33 heavy (non-hydrogen) atoms. The monoisotopic (exact) mass is 455 g/mol. The highest BCUT2D eigenvalue weighted by Gasteiger charge is 2.06. The maximum Gasteiger partial charge on any atom is 0.251 e. The first-order valence-electron chi connectivity index (χ1n) is 11.8. The van der Waals surface area contributed by atoms with E-state index in [1.165, 1.54) is 25.7 Å². The van der Waals surface area contributed by atoms with Gasteiger partial charge in [0.1, 0.15) is 5.75 Å². The molecule has 0 saturated carbocycles. The van der Waals surface area contributed by atoms with Crippen LogP contribution in [0.1, 0.15) is 55.8 Å². The average Bonchev–Trinajstić information content (AvgIpc) is 2.84. The van der Waals surface area contributed by atoms with Crippen molar-refractivity contribution in [1.82, 2.24) is 5.32 Å². The summed E-state index contributed by atoms with van der Waals surface area (Å²) in [6, 6.07) is 14.4. The molecule has 0 aliphatic rings. The fraction of sp³-hybridized carbons (Fsp3) is 0.462. The number of carbonyl (C=O) groups is 2. The Balaban J connectivity index is 1.67. The lowest BCUT2D eigenvalue weighted by Gasteiger charge is -2.10. The Morgan fingerprint density at radius 3 is 2.21 bits per heavy atom. The number of benzene rings is 2. The summed E-state index contributed by atoms with van der Waals surface area (Å²) in [6.45, 7) is 4.23. The Bertz CT molecular complexity index is 822. The molecule has 0 aromatic heterocycles. The van der Waals surface area contributed by atoms with Crippen molar-refractivity contribution in [3.63, 3.8) is 0 Å². The van der Waals surface area contributed by atoms with Gasteiger partial charge in [-0.3, -0.25) is 9.59 Å². The quantitative estimate of drug-likeness (QED) is 0.315. The van der Waals surface area contributed by atoms with E-state index in [4.69, 9.17) is 9.47 Å². The summed E-state index contributed by atoms with van der Waals surface area (Å²) in [5.74, 6) is 0.531. The molecule has 0 bridgehead atoms. The van der Waals surface area contributed by atoms with Gasteiger partial charge in [0.25, 0.3) is 5.91 Å². The van der Waals surface area contributed by atoms with Crippen LogP contribution < -0.4 is 20.7 Å². The Labute approximate surface area is 197 Å². The molecule has 0 aliphatic carbocycles. The van der Waals surface area contributed by atoms with Crippen LogP contribution in [0.2, 0.25) is 0 Å². The van der Waals surface area contributed by atoms with Crippen LogP contribution >= 0.6 is 0 Å². The molecule has 0 unspecified atom stereocenters. The van der Waals surface area contributed by atoms with E-state index in [1.807, 2.05) is 24.3 Å². The minimum absolute atomic E-state index is 0.124. The smallest absolute Gasteiger partial charge is 0.251 e. The highest BCUT2D eigenvalue weighted by atomic mass is 16.5. The van der Waals surface area contributed by atoms with E-state index in [2.05, 4.69) is 22.9 Å². The molecule has 7 nitrogen and oxygen atoms in total. The molecule has 0 radical (unpaired) electrons. The Kier molecular flexibility index (Phi) is 12.5. The molecule has 0 heterocycles. The second-order valence-corrected chi connectivity index (χ2v) is 7.87. The topological polar surface area (TPSA) is 88.7 Å². The number of hydrogen-bond donors (Lipinski definition) is 3. The van der Waals surface area contributed by atoms with Crippen molar-refractivity contribution < 1.29 is 19.1 Å². The summed E-state index contributed by atoms with van der Waals surface area (Å²) >= 11 is 0. The molecular formula is C26H37N3O4. The Morgan fingerprint density at radius 1 is 0.818 bits per heavy atom. The summed E-state index contributed by atoms with van der Waals surface area (Å²) in [6.07, 6.45) is 6.80. The van der Waals surface area contributed by atoms with Gasteiger partial charge < -0.3 is 25.4 Å². The highest BCUT2D eigenvalue weighted by Crippen LogP contribution is 2.16. The number of carbonyl (C=O) groups excluding carboxylic acids is 2. The average molecular weight is 456 g/mol. The van der Waals surface area contributed by atoms with Crippen molar-refractivity contribution in [2.24, 2.45) is 0 Å². The van der Waals surface area contributed by atoms with E-state index in [0.29, 0.717) is 25.3 Å². The van der Waals surface area contributed by atoms with Gasteiger partial charge in [0.05, 0.1) is 13.2 Å². The SMILES string of the molecule is CCCCCCCOc1ccc(NC(=O)CNc2ccc(C(=O)NCCCOC)cc2)cc1. The van der Waals surface area contributed by atoms with E-state index in [0.717, 1.165) is 30.0 Å². The number of rotatable bonds is 16. The van der Waals surface area contributed by atoms with Crippen molar-refractivity contribution in [2.45, 2.75) is 45.4 Å². The van der Waals surface area contributed by atoms with E-state index in [-0.39, 0.29) is 18.4 Å². The van der Waals surface area contributed by atoms with Crippen LogP contribution in [-0.2, 0) is 9.53 Å². The molecule has 0 atom stereocenters.